The van der Waals surface area contributed by atoms with Crippen molar-refractivity contribution in [3.8, 4) is 0 Å². The summed E-state index contributed by atoms with van der Waals surface area (Å²) in [6.07, 6.45) is -15.2. The number of aliphatic hydroxyl groups excluding tert-OH is 6. The van der Waals surface area contributed by atoms with Gasteiger partial charge in [-0.1, -0.05) is 0 Å². The second-order valence-corrected chi connectivity index (χ2v) is 9.33. The third-order valence-electron chi connectivity index (χ3n) is 6.58. The number of ether oxygens (including phenoxy) is 4. The topological polar surface area (TPSA) is 262 Å². The number of hydrogen-bond donors (Lipinski definition) is 10. The van der Waals surface area contributed by atoms with Crippen molar-refractivity contribution in [2.24, 2.45) is 22.9 Å². The summed E-state index contributed by atoms with van der Waals surface area (Å²) in [6, 6.07) is -3.41. The van der Waals surface area contributed by atoms with Gasteiger partial charge in [-0.05, 0) is 20.3 Å². The fraction of sp³-hybridized carbons (Fsp3) is 1.00. The maximum atomic E-state index is 10.7. The van der Waals surface area contributed by atoms with Crippen LogP contribution in [0.25, 0.3) is 0 Å². The number of rotatable bonds is 6. The molecular weight excluding hydrogens is 444 g/mol. The van der Waals surface area contributed by atoms with E-state index in [0.29, 0.717) is 0 Å². The van der Waals surface area contributed by atoms with Crippen LogP contribution in [0.3, 0.4) is 0 Å². The number of hydrogen-bond acceptors (Lipinski definition) is 14. The Morgan fingerprint density at radius 3 is 1.82 bits per heavy atom. The van der Waals surface area contributed by atoms with E-state index in [1.165, 1.54) is 6.92 Å². The smallest absolute Gasteiger partial charge is 0.187 e. The molecule has 0 unspecified atom stereocenters. The van der Waals surface area contributed by atoms with Gasteiger partial charge in [0.1, 0.15) is 48.8 Å². The van der Waals surface area contributed by atoms with Crippen molar-refractivity contribution in [1.29, 1.82) is 0 Å². The van der Waals surface area contributed by atoms with E-state index in [9.17, 15) is 30.6 Å². The molecule has 0 amide bonds. The predicted octanol–water partition coefficient (Wildman–Crippen LogP) is -5.88. The average molecular weight is 483 g/mol. The van der Waals surface area contributed by atoms with Gasteiger partial charge in [-0.3, -0.25) is 0 Å². The van der Waals surface area contributed by atoms with Crippen molar-refractivity contribution in [3.63, 3.8) is 0 Å². The standard InChI is InChI=1S/C19H38N4O10/c1-4(20)14-12(28)13(29)19(30-14)33-17-9(25)6(21)3-7(22)16(17)32-18-8(23)10(26)11(27)15(31-18)5(2)24/h4-19,24-29H,3,20-23H2,1-2H3/t4-,5-,6-,7+,8-,9+,10-,11+,12+,13-,14-,15-,16-,17-,18-,19+/m1/s1. The largest absolute Gasteiger partial charge is 0.391 e. The molecule has 0 bridgehead atoms. The van der Waals surface area contributed by atoms with Gasteiger partial charge < -0.3 is 72.5 Å². The molecule has 194 valence electrons. The Bertz CT molecular complexity index is 648. The summed E-state index contributed by atoms with van der Waals surface area (Å²) in [4.78, 5) is 0. The van der Waals surface area contributed by atoms with Crippen LogP contribution >= 0.6 is 0 Å². The quantitative estimate of drug-likeness (QED) is 0.169. The van der Waals surface area contributed by atoms with Gasteiger partial charge in [0.05, 0.1) is 18.2 Å². The molecule has 0 spiro atoms. The monoisotopic (exact) mass is 482 g/mol. The molecule has 2 aliphatic heterocycles. The molecule has 16 atom stereocenters. The highest BCUT2D eigenvalue weighted by Crippen LogP contribution is 2.32. The minimum Gasteiger partial charge on any atom is -0.391 e. The second-order valence-electron chi connectivity index (χ2n) is 9.33. The molecule has 2 heterocycles. The van der Waals surface area contributed by atoms with Crippen molar-refractivity contribution in [2.75, 3.05) is 0 Å². The van der Waals surface area contributed by atoms with Gasteiger partial charge in [-0.25, -0.2) is 0 Å². The lowest BCUT2D eigenvalue weighted by atomic mass is 9.84. The van der Waals surface area contributed by atoms with Crippen molar-refractivity contribution in [1.82, 2.24) is 0 Å². The molecule has 3 aliphatic rings. The molecule has 1 saturated carbocycles. The highest BCUT2D eigenvalue weighted by molar-refractivity contribution is 5.02. The molecule has 0 aromatic carbocycles. The highest BCUT2D eigenvalue weighted by Gasteiger charge is 2.52. The molecule has 0 aromatic heterocycles. The van der Waals surface area contributed by atoms with Crippen LogP contribution in [-0.4, -0.2) is 128 Å². The number of aliphatic hydroxyl groups is 6. The molecule has 33 heavy (non-hydrogen) atoms. The first-order chi connectivity index (χ1) is 15.3. The van der Waals surface area contributed by atoms with Crippen LogP contribution in [0.15, 0.2) is 0 Å². The third-order valence-corrected chi connectivity index (χ3v) is 6.58. The summed E-state index contributed by atoms with van der Waals surface area (Å²) < 4.78 is 22.9. The summed E-state index contributed by atoms with van der Waals surface area (Å²) in [5, 5.41) is 61.6. The Labute approximate surface area is 191 Å². The van der Waals surface area contributed by atoms with Gasteiger partial charge in [-0.15, -0.1) is 0 Å². The summed E-state index contributed by atoms with van der Waals surface area (Å²) in [6.45, 7) is 2.96. The lowest BCUT2D eigenvalue weighted by Crippen LogP contribution is -2.68. The van der Waals surface area contributed by atoms with Gasteiger partial charge in [0.25, 0.3) is 0 Å². The SMILES string of the molecule is C[C@@H](N)[C@H]1O[C@@H](O[C@@H]2[C@@H](O)[C@H](N)C[C@H](N)[C@H]2O[C@H]2O[C@H]([C@@H](C)O)[C@@H](O)[C@H](O)[C@H]2N)[C@H](O)[C@@H]1O. The van der Waals surface area contributed by atoms with Crippen molar-refractivity contribution in [3.05, 3.63) is 0 Å². The zero-order valence-electron chi connectivity index (χ0n) is 18.6. The van der Waals surface area contributed by atoms with E-state index in [-0.39, 0.29) is 6.42 Å². The molecule has 14 N–H and O–H groups in total. The van der Waals surface area contributed by atoms with E-state index in [0.717, 1.165) is 0 Å². The highest BCUT2D eigenvalue weighted by atomic mass is 16.7. The van der Waals surface area contributed by atoms with Crippen LogP contribution < -0.4 is 22.9 Å². The van der Waals surface area contributed by atoms with Crippen LogP contribution in [0.1, 0.15) is 20.3 Å². The minimum absolute atomic E-state index is 0.137. The van der Waals surface area contributed by atoms with E-state index in [2.05, 4.69) is 0 Å². The summed E-state index contributed by atoms with van der Waals surface area (Å²) in [5.41, 5.74) is 24.0. The Morgan fingerprint density at radius 2 is 1.27 bits per heavy atom. The van der Waals surface area contributed by atoms with Gasteiger partial charge in [0, 0.05) is 18.1 Å². The third kappa shape index (κ3) is 5.34. The van der Waals surface area contributed by atoms with Gasteiger partial charge in [0.15, 0.2) is 12.6 Å². The predicted molar refractivity (Wildman–Crippen MR) is 111 cm³/mol. The maximum Gasteiger partial charge on any atom is 0.187 e. The first-order valence-corrected chi connectivity index (χ1v) is 11.1. The van der Waals surface area contributed by atoms with Crippen molar-refractivity contribution < 1.29 is 49.6 Å². The molecule has 3 rings (SSSR count). The first-order valence-electron chi connectivity index (χ1n) is 11.1. The van der Waals surface area contributed by atoms with Crippen molar-refractivity contribution >= 4 is 0 Å². The lowest BCUT2D eigenvalue weighted by Gasteiger charge is -2.47. The Kier molecular flexibility index (Phi) is 8.68. The lowest BCUT2D eigenvalue weighted by molar-refractivity contribution is -0.315. The Balaban J connectivity index is 1.80. The summed E-state index contributed by atoms with van der Waals surface area (Å²) in [5.74, 6) is 0. The van der Waals surface area contributed by atoms with Gasteiger partial charge in [-0.2, -0.15) is 0 Å². The fourth-order valence-corrected chi connectivity index (χ4v) is 4.57. The second kappa shape index (κ2) is 10.6. The molecule has 0 aromatic rings. The normalized spacial score (nSPS) is 53.1. The van der Waals surface area contributed by atoms with Crippen LogP contribution in [0.4, 0.5) is 0 Å². The van der Waals surface area contributed by atoms with Gasteiger partial charge in [0.2, 0.25) is 0 Å². The van der Waals surface area contributed by atoms with E-state index < -0.39 is 97.8 Å². The van der Waals surface area contributed by atoms with Gasteiger partial charge >= 0.3 is 0 Å². The van der Waals surface area contributed by atoms with Crippen LogP contribution in [0.2, 0.25) is 0 Å². The van der Waals surface area contributed by atoms with Crippen molar-refractivity contribution in [2.45, 2.75) is 118 Å². The first kappa shape index (κ1) is 27.0. The number of nitrogens with two attached hydrogens (primary N) is 4. The fourth-order valence-electron chi connectivity index (χ4n) is 4.57. The minimum atomic E-state index is -1.48. The molecule has 2 saturated heterocycles. The zero-order valence-corrected chi connectivity index (χ0v) is 18.6. The molecule has 0 radical (unpaired) electrons. The molecule has 14 heteroatoms. The van der Waals surface area contributed by atoms with E-state index >= 15 is 0 Å². The molecular formula is C19H38N4O10. The van der Waals surface area contributed by atoms with E-state index in [4.69, 9.17) is 41.9 Å². The van der Waals surface area contributed by atoms with E-state index in [1.807, 2.05) is 0 Å². The summed E-state index contributed by atoms with van der Waals surface area (Å²) in [7, 11) is 0. The molecule has 3 fully saturated rings. The summed E-state index contributed by atoms with van der Waals surface area (Å²) >= 11 is 0. The molecule has 14 nitrogen and oxygen atoms in total. The average Bonchev–Trinajstić information content (AvgIpc) is 3.02. The van der Waals surface area contributed by atoms with Crippen LogP contribution in [0, 0.1) is 0 Å². The van der Waals surface area contributed by atoms with E-state index in [1.54, 1.807) is 6.92 Å². The van der Waals surface area contributed by atoms with Crippen LogP contribution in [0.5, 0.6) is 0 Å². The Morgan fingerprint density at radius 1 is 0.727 bits per heavy atom. The maximum absolute atomic E-state index is 10.7. The van der Waals surface area contributed by atoms with Crippen LogP contribution in [-0.2, 0) is 18.9 Å². The zero-order chi connectivity index (χ0) is 24.8. The Hall–Kier alpha value is -0.560. The molecule has 1 aliphatic carbocycles.